The summed E-state index contributed by atoms with van der Waals surface area (Å²) in [5.74, 6) is 0.459. The SMILES string of the molecule is CC(C)(C)N(C(=O)O)C12CCC(n3cc(Br)c4c(N)ncnc43)(CC1)C2. The molecule has 2 saturated carbocycles. The number of anilines is 1. The van der Waals surface area contributed by atoms with E-state index in [1.54, 1.807) is 4.90 Å². The second-order valence-corrected chi connectivity index (χ2v) is 9.57. The summed E-state index contributed by atoms with van der Waals surface area (Å²) in [6.45, 7) is 5.93. The van der Waals surface area contributed by atoms with Crippen LogP contribution in [-0.2, 0) is 5.54 Å². The van der Waals surface area contributed by atoms with E-state index in [0.29, 0.717) is 5.82 Å². The number of amides is 1. The zero-order valence-corrected chi connectivity index (χ0v) is 16.9. The second kappa shape index (κ2) is 5.34. The van der Waals surface area contributed by atoms with Gasteiger partial charge in [0.25, 0.3) is 0 Å². The van der Waals surface area contributed by atoms with Crippen LogP contribution in [0.15, 0.2) is 17.0 Å². The van der Waals surface area contributed by atoms with E-state index in [1.165, 1.54) is 6.33 Å². The number of carboxylic acid groups (broad SMARTS) is 1. The van der Waals surface area contributed by atoms with Crippen LogP contribution < -0.4 is 5.73 Å². The summed E-state index contributed by atoms with van der Waals surface area (Å²) in [7, 11) is 0. The summed E-state index contributed by atoms with van der Waals surface area (Å²) in [6, 6.07) is 0. The molecule has 0 spiro atoms. The standard InChI is InChI=1S/C18H24BrN5O2/c1-16(2,3)24(15(25)26)18-6-4-17(9-18,5-7-18)23-8-11(19)12-13(20)21-10-22-14(12)23/h8,10H,4-7,9H2,1-3H3,(H,25,26)(H2,20,21,22). The van der Waals surface area contributed by atoms with Gasteiger partial charge in [-0.1, -0.05) is 0 Å². The third-order valence-corrected chi connectivity index (χ3v) is 6.78. The van der Waals surface area contributed by atoms with Crippen molar-refractivity contribution < 1.29 is 9.90 Å². The Morgan fingerprint density at radius 3 is 2.54 bits per heavy atom. The molecule has 2 aromatic heterocycles. The van der Waals surface area contributed by atoms with Gasteiger partial charge in [0.15, 0.2) is 0 Å². The minimum atomic E-state index is -0.833. The highest BCUT2D eigenvalue weighted by Crippen LogP contribution is 2.59. The molecule has 2 aromatic rings. The van der Waals surface area contributed by atoms with E-state index < -0.39 is 11.6 Å². The summed E-state index contributed by atoms with van der Waals surface area (Å²) in [6.07, 6.45) is 7.12. The maximum absolute atomic E-state index is 12.1. The smallest absolute Gasteiger partial charge is 0.408 e. The molecule has 0 aliphatic heterocycles. The van der Waals surface area contributed by atoms with E-state index in [9.17, 15) is 9.90 Å². The third-order valence-electron chi connectivity index (χ3n) is 6.18. The van der Waals surface area contributed by atoms with E-state index in [4.69, 9.17) is 5.73 Å². The van der Waals surface area contributed by atoms with Gasteiger partial charge in [-0.25, -0.2) is 14.8 Å². The predicted molar refractivity (Wildman–Crippen MR) is 103 cm³/mol. The van der Waals surface area contributed by atoms with E-state index >= 15 is 0 Å². The van der Waals surface area contributed by atoms with Crippen LogP contribution in [0, 0.1) is 0 Å². The second-order valence-electron chi connectivity index (χ2n) is 8.72. The van der Waals surface area contributed by atoms with Crippen molar-refractivity contribution in [2.24, 2.45) is 0 Å². The molecule has 140 valence electrons. The van der Waals surface area contributed by atoms with Crippen LogP contribution in [0.25, 0.3) is 11.0 Å². The quantitative estimate of drug-likeness (QED) is 0.764. The molecule has 3 N–H and O–H groups in total. The van der Waals surface area contributed by atoms with Crippen molar-refractivity contribution in [1.82, 2.24) is 19.4 Å². The number of halogens is 1. The summed E-state index contributed by atoms with van der Waals surface area (Å²) < 4.78 is 3.09. The number of nitrogen functional groups attached to an aromatic ring is 1. The number of nitrogens with two attached hydrogens (primary N) is 1. The molecule has 0 atom stereocenters. The van der Waals surface area contributed by atoms with Crippen LogP contribution in [-0.4, -0.2) is 41.7 Å². The number of hydrogen-bond donors (Lipinski definition) is 2. The van der Waals surface area contributed by atoms with Crippen molar-refractivity contribution in [3.8, 4) is 0 Å². The fourth-order valence-corrected chi connectivity index (χ4v) is 5.96. The van der Waals surface area contributed by atoms with Crippen molar-refractivity contribution in [2.75, 3.05) is 5.73 Å². The largest absolute Gasteiger partial charge is 0.465 e. The average molecular weight is 422 g/mol. The molecule has 0 unspecified atom stereocenters. The molecule has 0 aromatic carbocycles. The van der Waals surface area contributed by atoms with Gasteiger partial charge in [-0.05, 0) is 68.8 Å². The van der Waals surface area contributed by atoms with Crippen LogP contribution in [0.5, 0.6) is 0 Å². The van der Waals surface area contributed by atoms with Gasteiger partial charge >= 0.3 is 6.09 Å². The maximum Gasteiger partial charge on any atom is 0.408 e. The summed E-state index contributed by atoms with van der Waals surface area (Å²) in [4.78, 5) is 22.4. The normalized spacial score (nSPS) is 28.0. The zero-order chi connectivity index (χ0) is 18.9. The Labute approximate surface area is 160 Å². The van der Waals surface area contributed by atoms with Gasteiger partial charge in [0.2, 0.25) is 0 Å². The van der Waals surface area contributed by atoms with Crippen molar-refractivity contribution >= 4 is 38.9 Å². The van der Waals surface area contributed by atoms with E-state index in [1.807, 2.05) is 27.0 Å². The number of aromatic nitrogens is 3. The fourth-order valence-electron chi connectivity index (χ4n) is 5.38. The Hall–Kier alpha value is -1.83. The van der Waals surface area contributed by atoms with Crippen LogP contribution in [0.4, 0.5) is 10.6 Å². The molecule has 2 aliphatic carbocycles. The van der Waals surface area contributed by atoms with Crippen molar-refractivity contribution in [1.29, 1.82) is 0 Å². The molecule has 7 nitrogen and oxygen atoms in total. The predicted octanol–water partition coefficient (Wildman–Crippen LogP) is 3.97. The van der Waals surface area contributed by atoms with Crippen molar-refractivity contribution in [2.45, 2.75) is 69.5 Å². The van der Waals surface area contributed by atoms with Crippen LogP contribution in [0.1, 0.15) is 52.9 Å². The highest BCUT2D eigenvalue weighted by molar-refractivity contribution is 9.10. The highest BCUT2D eigenvalue weighted by atomic mass is 79.9. The van der Waals surface area contributed by atoms with Crippen molar-refractivity contribution in [3.63, 3.8) is 0 Å². The molecular weight excluding hydrogens is 398 g/mol. The Morgan fingerprint density at radius 2 is 1.96 bits per heavy atom. The Bertz CT molecular complexity index is 893. The van der Waals surface area contributed by atoms with Gasteiger partial charge in [-0.15, -0.1) is 0 Å². The number of fused-ring (bicyclic) bond motifs is 3. The fraction of sp³-hybridized carbons (Fsp3) is 0.611. The lowest BCUT2D eigenvalue weighted by molar-refractivity contribution is 0.0200. The van der Waals surface area contributed by atoms with Gasteiger partial charge in [0, 0.05) is 27.3 Å². The van der Waals surface area contributed by atoms with E-state index in [0.717, 1.165) is 47.6 Å². The van der Waals surface area contributed by atoms with Crippen LogP contribution in [0.2, 0.25) is 0 Å². The first-order valence-electron chi connectivity index (χ1n) is 8.91. The molecule has 2 fully saturated rings. The molecular formula is C18H24BrN5O2. The number of hydrogen-bond acceptors (Lipinski definition) is 4. The van der Waals surface area contributed by atoms with Crippen LogP contribution in [0.3, 0.4) is 0 Å². The molecule has 2 bridgehead atoms. The molecule has 2 heterocycles. The molecule has 2 aliphatic rings. The Balaban J connectivity index is 1.81. The number of carbonyl (C=O) groups is 1. The molecule has 4 rings (SSSR count). The first-order chi connectivity index (χ1) is 12.1. The minimum absolute atomic E-state index is 0.121. The van der Waals surface area contributed by atoms with Gasteiger partial charge in [0.05, 0.1) is 5.39 Å². The summed E-state index contributed by atoms with van der Waals surface area (Å²) in [5.41, 5.74) is 6.01. The van der Waals surface area contributed by atoms with E-state index in [2.05, 4.69) is 30.5 Å². The maximum atomic E-state index is 12.1. The zero-order valence-electron chi connectivity index (χ0n) is 15.3. The Morgan fingerprint density at radius 1 is 1.31 bits per heavy atom. The van der Waals surface area contributed by atoms with Gasteiger partial charge in [-0.3, -0.25) is 4.90 Å². The molecule has 1 amide bonds. The lowest BCUT2D eigenvalue weighted by Gasteiger charge is -2.46. The number of rotatable bonds is 2. The highest BCUT2D eigenvalue weighted by Gasteiger charge is 2.61. The lowest BCUT2D eigenvalue weighted by atomic mass is 9.87. The van der Waals surface area contributed by atoms with Crippen molar-refractivity contribution in [3.05, 3.63) is 17.0 Å². The Kier molecular flexibility index (Phi) is 3.61. The molecule has 0 saturated heterocycles. The topological polar surface area (TPSA) is 97.3 Å². The van der Waals surface area contributed by atoms with Gasteiger partial charge in [-0.2, -0.15) is 0 Å². The van der Waals surface area contributed by atoms with Crippen LogP contribution >= 0.6 is 15.9 Å². The first-order valence-corrected chi connectivity index (χ1v) is 9.70. The minimum Gasteiger partial charge on any atom is -0.465 e. The molecule has 8 heteroatoms. The summed E-state index contributed by atoms with van der Waals surface area (Å²) >= 11 is 3.59. The molecule has 26 heavy (non-hydrogen) atoms. The summed E-state index contributed by atoms with van der Waals surface area (Å²) in [5, 5.41) is 10.8. The third kappa shape index (κ3) is 2.27. The monoisotopic (exact) mass is 421 g/mol. The van der Waals surface area contributed by atoms with E-state index in [-0.39, 0.29) is 11.1 Å². The average Bonchev–Trinajstić information content (AvgIpc) is 3.17. The number of nitrogens with zero attached hydrogens (tertiary/aromatic N) is 4. The van der Waals surface area contributed by atoms with Gasteiger partial charge < -0.3 is 15.4 Å². The first kappa shape index (κ1) is 17.6. The lowest BCUT2D eigenvalue weighted by Crippen LogP contribution is -2.57. The molecule has 0 radical (unpaired) electrons. The van der Waals surface area contributed by atoms with Gasteiger partial charge in [0.1, 0.15) is 17.8 Å².